The number of hydrogen-bond donors (Lipinski definition) is 2. The third-order valence-electron chi connectivity index (χ3n) is 7.08. The van der Waals surface area contributed by atoms with E-state index in [0.29, 0.717) is 5.17 Å². The first-order valence-corrected chi connectivity index (χ1v) is 12.2. The number of rotatable bonds is 2. The molecule has 2 aromatic carbocycles. The number of amides is 2. The number of piperidine rings is 1. The van der Waals surface area contributed by atoms with E-state index in [-0.39, 0.29) is 47.4 Å². The highest BCUT2D eigenvalue weighted by molar-refractivity contribution is 8.15. The molecule has 6 nitrogen and oxygen atoms in total. The summed E-state index contributed by atoms with van der Waals surface area (Å²) in [6.07, 6.45) is 2.62. The van der Waals surface area contributed by atoms with Gasteiger partial charge in [-0.05, 0) is 48.2 Å². The number of nitrogens with zero attached hydrogens (tertiary/aromatic N) is 2. The second-order valence-corrected chi connectivity index (χ2v) is 10.4. The Hall–Kier alpha value is -2.78. The Labute approximate surface area is 201 Å². The SMILES string of the molecule is CC(=O)NC1=NN(C(C)=O)C2(S1)[C@@H]1CCC[C@H]2C(c2ccc(F)cc2)NC1c1ccc(F)cc1. The van der Waals surface area contributed by atoms with Crippen molar-refractivity contribution < 1.29 is 18.4 Å². The average molecular weight is 485 g/mol. The van der Waals surface area contributed by atoms with Crippen molar-refractivity contribution in [2.75, 3.05) is 0 Å². The number of thioether (sulfide) groups is 1. The maximum atomic E-state index is 13.7. The lowest BCUT2D eigenvalue weighted by Gasteiger charge is -2.59. The van der Waals surface area contributed by atoms with Crippen LogP contribution in [0.3, 0.4) is 0 Å². The number of halogens is 2. The van der Waals surface area contributed by atoms with Gasteiger partial charge in [-0.15, -0.1) is 5.10 Å². The molecule has 1 saturated carbocycles. The Morgan fingerprint density at radius 2 is 1.47 bits per heavy atom. The van der Waals surface area contributed by atoms with Gasteiger partial charge in [0.05, 0.1) is 0 Å². The van der Waals surface area contributed by atoms with E-state index in [0.717, 1.165) is 30.4 Å². The van der Waals surface area contributed by atoms with E-state index in [1.165, 1.54) is 49.9 Å². The Morgan fingerprint density at radius 3 is 1.91 bits per heavy atom. The van der Waals surface area contributed by atoms with Gasteiger partial charge in [0, 0.05) is 37.8 Å². The van der Waals surface area contributed by atoms with Crippen LogP contribution >= 0.6 is 11.8 Å². The van der Waals surface area contributed by atoms with E-state index in [1.54, 1.807) is 29.3 Å². The molecule has 3 aliphatic rings. The quantitative estimate of drug-likeness (QED) is 0.660. The zero-order valence-electron chi connectivity index (χ0n) is 18.9. The Balaban J connectivity index is 1.66. The molecule has 2 fully saturated rings. The summed E-state index contributed by atoms with van der Waals surface area (Å²) in [6, 6.07) is 12.4. The van der Waals surface area contributed by atoms with Crippen molar-refractivity contribution in [2.45, 2.75) is 50.1 Å². The van der Waals surface area contributed by atoms with Gasteiger partial charge in [0.15, 0.2) is 5.17 Å². The molecule has 178 valence electrons. The van der Waals surface area contributed by atoms with Gasteiger partial charge in [-0.1, -0.05) is 42.4 Å². The molecule has 2 N–H and O–H groups in total. The first-order chi connectivity index (χ1) is 16.3. The molecule has 2 amide bonds. The van der Waals surface area contributed by atoms with E-state index in [4.69, 9.17) is 0 Å². The van der Waals surface area contributed by atoms with Crippen LogP contribution in [0.5, 0.6) is 0 Å². The summed E-state index contributed by atoms with van der Waals surface area (Å²) in [6.45, 7) is 2.90. The summed E-state index contributed by atoms with van der Waals surface area (Å²) in [5, 5.41) is 13.0. The standard InChI is InChI=1S/C25H26F2N4O2S/c1-14(32)28-24-30-31(15(2)33)25(34-24)20-4-3-5-21(25)23(17-8-12-19(27)13-9-17)29-22(20)16-6-10-18(26)11-7-16/h6-13,20-23,29H,3-5H2,1-2H3,(H,28,30,32)/t20-,21+,22?,23?,25?. The topological polar surface area (TPSA) is 73.8 Å². The summed E-state index contributed by atoms with van der Waals surface area (Å²) in [4.78, 5) is 24.0. The average Bonchev–Trinajstić information content (AvgIpc) is 3.13. The molecule has 5 rings (SSSR count). The molecule has 1 saturated heterocycles. The fourth-order valence-electron chi connectivity index (χ4n) is 5.85. The number of amidine groups is 1. The summed E-state index contributed by atoms with van der Waals surface area (Å²) in [5.41, 5.74) is 1.82. The molecule has 0 radical (unpaired) electrons. The summed E-state index contributed by atoms with van der Waals surface area (Å²) >= 11 is 1.43. The minimum absolute atomic E-state index is 0.0442. The van der Waals surface area contributed by atoms with Gasteiger partial charge in [0.2, 0.25) is 11.8 Å². The minimum Gasteiger partial charge on any atom is -0.304 e. The number of nitrogens with one attached hydrogen (secondary N) is 2. The van der Waals surface area contributed by atoms with Crippen molar-refractivity contribution in [1.29, 1.82) is 0 Å². The zero-order valence-corrected chi connectivity index (χ0v) is 19.7. The van der Waals surface area contributed by atoms with Crippen LogP contribution in [0.2, 0.25) is 0 Å². The number of carbonyl (C=O) groups is 2. The van der Waals surface area contributed by atoms with E-state index in [2.05, 4.69) is 15.7 Å². The minimum atomic E-state index is -0.745. The van der Waals surface area contributed by atoms with Crippen molar-refractivity contribution >= 4 is 28.7 Å². The van der Waals surface area contributed by atoms with Crippen molar-refractivity contribution in [3.8, 4) is 0 Å². The first-order valence-electron chi connectivity index (χ1n) is 11.4. The Bertz CT molecular complexity index is 1080. The van der Waals surface area contributed by atoms with Gasteiger partial charge < -0.3 is 10.6 Å². The van der Waals surface area contributed by atoms with Crippen molar-refractivity contribution in [2.24, 2.45) is 16.9 Å². The number of carbonyl (C=O) groups excluding carboxylic acids is 2. The van der Waals surface area contributed by atoms with Gasteiger partial charge in [-0.2, -0.15) is 0 Å². The Morgan fingerprint density at radius 1 is 0.971 bits per heavy atom. The van der Waals surface area contributed by atoms with Crippen LogP contribution < -0.4 is 10.6 Å². The maximum Gasteiger partial charge on any atom is 0.240 e. The molecule has 2 heterocycles. The molecule has 9 heteroatoms. The number of benzene rings is 2. The molecule has 1 aliphatic carbocycles. The predicted octanol–water partition coefficient (Wildman–Crippen LogP) is 4.47. The predicted molar refractivity (Wildman–Crippen MR) is 126 cm³/mol. The van der Waals surface area contributed by atoms with Crippen molar-refractivity contribution in [1.82, 2.24) is 15.6 Å². The molecular weight excluding hydrogens is 458 g/mol. The van der Waals surface area contributed by atoms with E-state index in [9.17, 15) is 18.4 Å². The molecule has 3 unspecified atom stereocenters. The van der Waals surface area contributed by atoms with Gasteiger partial charge in [0.1, 0.15) is 16.5 Å². The van der Waals surface area contributed by atoms with Crippen LogP contribution in [0, 0.1) is 23.5 Å². The monoisotopic (exact) mass is 484 g/mol. The maximum absolute atomic E-state index is 13.7. The molecule has 5 atom stereocenters. The summed E-state index contributed by atoms with van der Waals surface area (Å²) in [5.74, 6) is -1.18. The third kappa shape index (κ3) is 3.80. The smallest absolute Gasteiger partial charge is 0.240 e. The lowest BCUT2D eigenvalue weighted by molar-refractivity contribution is -0.140. The molecule has 2 bridgehead atoms. The normalized spacial score (nSPS) is 30.2. The highest BCUT2D eigenvalue weighted by Crippen LogP contribution is 2.62. The van der Waals surface area contributed by atoms with Crippen LogP contribution in [0.15, 0.2) is 53.6 Å². The number of hydrazone groups is 1. The molecule has 2 aliphatic heterocycles. The lowest BCUT2D eigenvalue weighted by atomic mass is 9.64. The largest absolute Gasteiger partial charge is 0.304 e. The highest BCUT2D eigenvalue weighted by atomic mass is 32.2. The van der Waals surface area contributed by atoms with Crippen LogP contribution in [0.1, 0.15) is 56.3 Å². The molecule has 1 spiro atoms. The van der Waals surface area contributed by atoms with Gasteiger partial charge in [-0.3, -0.25) is 9.59 Å². The lowest BCUT2D eigenvalue weighted by Crippen LogP contribution is -2.65. The van der Waals surface area contributed by atoms with Crippen LogP contribution in [0.4, 0.5) is 8.78 Å². The van der Waals surface area contributed by atoms with Gasteiger partial charge >= 0.3 is 0 Å². The summed E-state index contributed by atoms with van der Waals surface area (Å²) in [7, 11) is 0. The van der Waals surface area contributed by atoms with Crippen molar-refractivity contribution in [3.05, 3.63) is 71.3 Å². The Kier molecular flexibility index (Phi) is 5.93. The second-order valence-electron chi connectivity index (χ2n) is 9.14. The fraction of sp³-hybridized carbons (Fsp3) is 0.400. The van der Waals surface area contributed by atoms with Crippen LogP contribution in [-0.4, -0.2) is 26.9 Å². The third-order valence-corrected chi connectivity index (χ3v) is 8.56. The molecule has 2 aromatic rings. The van der Waals surface area contributed by atoms with Crippen LogP contribution in [0.25, 0.3) is 0 Å². The van der Waals surface area contributed by atoms with E-state index >= 15 is 0 Å². The summed E-state index contributed by atoms with van der Waals surface area (Å²) < 4.78 is 27.5. The second kappa shape index (κ2) is 8.78. The highest BCUT2D eigenvalue weighted by Gasteiger charge is 2.64. The molecule has 34 heavy (non-hydrogen) atoms. The molecular formula is C25H26F2N4O2S. The van der Waals surface area contributed by atoms with Gasteiger partial charge in [0.25, 0.3) is 0 Å². The van der Waals surface area contributed by atoms with E-state index < -0.39 is 4.87 Å². The van der Waals surface area contributed by atoms with Gasteiger partial charge in [-0.25, -0.2) is 13.8 Å². The molecule has 0 aromatic heterocycles. The number of hydrogen-bond acceptors (Lipinski definition) is 5. The fourth-order valence-corrected chi connectivity index (χ4v) is 7.54. The first kappa shape index (κ1) is 23.0. The zero-order chi connectivity index (χ0) is 24.0. The van der Waals surface area contributed by atoms with Crippen molar-refractivity contribution in [3.63, 3.8) is 0 Å². The van der Waals surface area contributed by atoms with Crippen LogP contribution in [-0.2, 0) is 9.59 Å². The van der Waals surface area contributed by atoms with E-state index in [1.807, 2.05) is 0 Å².